The number of methoxy groups -OCH3 is 2. The Morgan fingerprint density at radius 1 is 1.08 bits per heavy atom. The summed E-state index contributed by atoms with van der Waals surface area (Å²) >= 11 is 12.4. The molecule has 2 aromatic rings. The fraction of sp³-hybridized carbons (Fsp3) is 0.278. The average Bonchev–Trinajstić information content (AvgIpc) is 3.12. The van der Waals surface area contributed by atoms with Crippen molar-refractivity contribution in [3.63, 3.8) is 0 Å². The van der Waals surface area contributed by atoms with Crippen molar-refractivity contribution >= 4 is 34.8 Å². The molecule has 0 aromatic heterocycles. The second kappa shape index (κ2) is 8.14. The van der Waals surface area contributed by atoms with Gasteiger partial charge in [-0.1, -0.05) is 41.4 Å². The first kappa shape index (κ1) is 18.8. The zero-order valence-corrected chi connectivity index (χ0v) is 15.8. The fourth-order valence-electron chi connectivity index (χ4n) is 2.87. The molecular formula is C18H19Cl2N3O3. The highest BCUT2D eigenvalue weighted by Gasteiger charge is 2.31. The molecule has 2 atom stereocenters. The number of amides is 1. The van der Waals surface area contributed by atoms with Gasteiger partial charge in [-0.05, 0) is 24.1 Å². The Morgan fingerprint density at radius 2 is 1.81 bits per heavy atom. The molecule has 0 spiro atoms. The molecule has 1 aliphatic rings. The molecule has 138 valence electrons. The number of carbonyl (C=O) groups is 1. The van der Waals surface area contributed by atoms with Crippen molar-refractivity contribution in [1.82, 2.24) is 10.9 Å². The molecule has 2 unspecified atom stereocenters. The first-order valence-corrected chi connectivity index (χ1v) is 8.77. The Labute approximate surface area is 161 Å². The molecule has 3 N–H and O–H groups in total. The minimum Gasteiger partial charge on any atom is -0.495 e. The van der Waals surface area contributed by atoms with Crippen LogP contribution in [0.5, 0.6) is 11.5 Å². The van der Waals surface area contributed by atoms with Gasteiger partial charge < -0.3 is 14.8 Å². The predicted octanol–water partition coefficient (Wildman–Crippen LogP) is 3.56. The van der Waals surface area contributed by atoms with Gasteiger partial charge in [-0.2, -0.15) is 0 Å². The maximum Gasteiger partial charge on any atom is 0.243 e. The van der Waals surface area contributed by atoms with E-state index in [1.54, 1.807) is 12.1 Å². The van der Waals surface area contributed by atoms with Crippen LogP contribution in [0.3, 0.4) is 0 Å². The van der Waals surface area contributed by atoms with Crippen LogP contribution < -0.4 is 25.6 Å². The summed E-state index contributed by atoms with van der Waals surface area (Å²) in [5.41, 5.74) is 7.55. The summed E-state index contributed by atoms with van der Waals surface area (Å²) in [5.74, 6) is 0.737. The van der Waals surface area contributed by atoms with E-state index in [9.17, 15) is 4.79 Å². The van der Waals surface area contributed by atoms with Crippen LogP contribution in [-0.2, 0) is 4.79 Å². The van der Waals surface area contributed by atoms with Crippen molar-refractivity contribution in [3.05, 3.63) is 52.0 Å². The number of hydrazine groups is 1. The molecule has 3 rings (SSSR count). The van der Waals surface area contributed by atoms with Gasteiger partial charge in [0.15, 0.2) is 0 Å². The van der Waals surface area contributed by atoms with Crippen molar-refractivity contribution in [3.8, 4) is 11.5 Å². The van der Waals surface area contributed by atoms with Crippen LogP contribution in [-0.4, -0.2) is 26.2 Å². The van der Waals surface area contributed by atoms with Crippen LogP contribution in [0.2, 0.25) is 10.0 Å². The lowest BCUT2D eigenvalue weighted by atomic mass is 10.0. The number of rotatable bonds is 5. The van der Waals surface area contributed by atoms with E-state index in [0.29, 0.717) is 33.7 Å². The molecule has 0 aliphatic carbocycles. The van der Waals surface area contributed by atoms with Gasteiger partial charge >= 0.3 is 0 Å². The van der Waals surface area contributed by atoms with Crippen LogP contribution in [0.25, 0.3) is 0 Å². The molecule has 0 radical (unpaired) electrons. The van der Waals surface area contributed by atoms with Gasteiger partial charge in [-0.15, -0.1) is 0 Å². The van der Waals surface area contributed by atoms with Gasteiger partial charge in [-0.3, -0.25) is 4.79 Å². The van der Waals surface area contributed by atoms with Gasteiger partial charge in [0.2, 0.25) is 5.91 Å². The van der Waals surface area contributed by atoms with Gasteiger partial charge in [0.1, 0.15) is 17.5 Å². The zero-order chi connectivity index (χ0) is 18.7. The van der Waals surface area contributed by atoms with E-state index in [-0.39, 0.29) is 11.9 Å². The molecule has 26 heavy (non-hydrogen) atoms. The molecular weight excluding hydrogens is 377 g/mol. The second-order valence-electron chi connectivity index (χ2n) is 5.83. The number of anilines is 1. The predicted molar refractivity (Wildman–Crippen MR) is 102 cm³/mol. The standard InChI is InChI=1S/C18H19Cl2N3O3/c1-25-16-9-17(26-2)14(7-12(16)20)21-18(24)15-8-13(22-23-15)10-5-3-4-6-11(10)19/h3-7,9,13,15,22-23H,8H2,1-2H3,(H,21,24). The molecule has 1 amide bonds. The molecule has 0 saturated carbocycles. The quantitative estimate of drug-likeness (QED) is 0.721. The average molecular weight is 396 g/mol. The summed E-state index contributed by atoms with van der Waals surface area (Å²) in [5, 5.41) is 3.89. The first-order chi connectivity index (χ1) is 12.5. The monoisotopic (exact) mass is 395 g/mol. The van der Waals surface area contributed by atoms with E-state index >= 15 is 0 Å². The first-order valence-electron chi connectivity index (χ1n) is 8.01. The number of halogens is 2. The minimum absolute atomic E-state index is 0.0548. The highest BCUT2D eigenvalue weighted by Crippen LogP contribution is 2.36. The van der Waals surface area contributed by atoms with Crippen LogP contribution >= 0.6 is 23.2 Å². The summed E-state index contributed by atoms with van der Waals surface area (Å²) in [6.45, 7) is 0. The zero-order valence-electron chi connectivity index (χ0n) is 14.3. The van der Waals surface area contributed by atoms with Crippen molar-refractivity contribution in [2.45, 2.75) is 18.5 Å². The summed E-state index contributed by atoms with van der Waals surface area (Å²) in [4.78, 5) is 12.6. The van der Waals surface area contributed by atoms with Crippen LogP contribution in [0.15, 0.2) is 36.4 Å². The van der Waals surface area contributed by atoms with Crippen LogP contribution in [0.1, 0.15) is 18.0 Å². The SMILES string of the molecule is COc1cc(OC)c(NC(=O)C2CC(c3ccccc3Cl)NN2)cc1Cl. The summed E-state index contributed by atoms with van der Waals surface area (Å²) in [7, 11) is 3.03. The van der Waals surface area contributed by atoms with E-state index in [4.69, 9.17) is 32.7 Å². The normalized spacial score (nSPS) is 19.2. The lowest BCUT2D eigenvalue weighted by Crippen LogP contribution is -2.39. The number of carbonyl (C=O) groups excluding carboxylic acids is 1. The molecule has 1 aliphatic heterocycles. The van der Waals surface area contributed by atoms with Crippen LogP contribution in [0, 0.1) is 0 Å². The van der Waals surface area contributed by atoms with E-state index in [1.165, 1.54) is 14.2 Å². The lowest BCUT2D eigenvalue weighted by molar-refractivity contribution is -0.117. The summed E-state index contributed by atoms with van der Waals surface area (Å²) < 4.78 is 10.5. The molecule has 1 heterocycles. The number of nitrogens with one attached hydrogen (secondary N) is 3. The Balaban J connectivity index is 1.72. The van der Waals surface area contributed by atoms with Gasteiger partial charge in [0, 0.05) is 17.1 Å². The number of hydrogen-bond acceptors (Lipinski definition) is 5. The van der Waals surface area contributed by atoms with Crippen molar-refractivity contribution in [1.29, 1.82) is 0 Å². The Kier molecular flexibility index (Phi) is 5.88. The van der Waals surface area contributed by atoms with Crippen molar-refractivity contribution in [2.75, 3.05) is 19.5 Å². The molecule has 8 heteroatoms. The fourth-order valence-corrected chi connectivity index (χ4v) is 3.38. The topological polar surface area (TPSA) is 71.6 Å². The smallest absolute Gasteiger partial charge is 0.243 e. The maximum atomic E-state index is 12.6. The van der Waals surface area contributed by atoms with Gasteiger partial charge in [-0.25, -0.2) is 10.9 Å². The molecule has 1 fully saturated rings. The number of benzene rings is 2. The van der Waals surface area contributed by atoms with Gasteiger partial charge in [0.05, 0.1) is 24.9 Å². The second-order valence-corrected chi connectivity index (χ2v) is 6.64. The van der Waals surface area contributed by atoms with Crippen LogP contribution in [0.4, 0.5) is 5.69 Å². The van der Waals surface area contributed by atoms with Gasteiger partial charge in [0.25, 0.3) is 0 Å². The van der Waals surface area contributed by atoms with E-state index in [2.05, 4.69) is 16.2 Å². The largest absolute Gasteiger partial charge is 0.495 e. The van der Waals surface area contributed by atoms with Crippen molar-refractivity contribution < 1.29 is 14.3 Å². The third kappa shape index (κ3) is 3.88. The number of hydrogen-bond donors (Lipinski definition) is 3. The molecule has 0 bridgehead atoms. The van der Waals surface area contributed by atoms with E-state index < -0.39 is 6.04 Å². The minimum atomic E-state index is -0.429. The number of ether oxygens (including phenoxy) is 2. The van der Waals surface area contributed by atoms with Crippen molar-refractivity contribution in [2.24, 2.45) is 0 Å². The third-order valence-corrected chi connectivity index (χ3v) is 4.87. The Morgan fingerprint density at radius 3 is 2.50 bits per heavy atom. The van der Waals surface area contributed by atoms with E-state index in [0.717, 1.165) is 5.56 Å². The Hall–Kier alpha value is -1.99. The molecule has 1 saturated heterocycles. The highest BCUT2D eigenvalue weighted by molar-refractivity contribution is 6.32. The van der Waals surface area contributed by atoms with E-state index in [1.807, 2.05) is 24.3 Å². The summed E-state index contributed by atoms with van der Waals surface area (Å²) in [6.07, 6.45) is 0.557. The third-order valence-electron chi connectivity index (χ3n) is 4.23. The Bertz CT molecular complexity index is 816. The molecule has 2 aromatic carbocycles. The lowest BCUT2D eigenvalue weighted by Gasteiger charge is -2.15. The molecule has 6 nitrogen and oxygen atoms in total. The summed E-state index contributed by atoms with van der Waals surface area (Å²) in [6, 6.07) is 10.3. The maximum absolute atomic E-state index is 12.6. The highest BCUT2D eigenvalue weighted by atomic mass is 35.5.